The Morgan fingerprint density at radius 2 is 2.11 bits per heavy atom. The topological polar surface area (TPSA) is 63.0 Å². The van der Waals surface area contributed by atoms with Gasteiger partial charge in [0, 0.05) is 17.5 Å². The van der Waals surface area contributed by atoms with Crippen LogP contribution in [0, 0.1) is 18.3 Å². The Balaban J connectivity index is 2.05. The summed E-state index contributed by atoms with van der Waals surface area (Å²) in [6.07, 6.45) is 1.48. The van der Waals surface area contributed by atoms with Gasteiger partial charge in [0.25, 0.3) is 0 Å². The van der Waals surface area contributed by atoms with Crippen molar-refractivity contribution in [1.82, 2.24) is 4.98 Å². The fourth-order valence-electron chi connectivity index (χ4n) is 1.57. The molecule has 0 aliphatic carbocycles. The molecule has 0 unspecified atom stereocenters. The van der Waals surface area contributed by atoms with Crippen molar-refractivity contribution in [3.63, 3.8) is 0 Å². The SMILES string of the molecule is Cc1ccc(C(=O)OCc2ccccc2C#N)cn1. The van der Waals surface area contributed by atoms with Crippen LogP contribution in [0.15, 0.2) is 42.6 Å². The lowest BCUT2D eigenvalue weighted by atomic mass is 10.1. The summed E-state index contributed by atoms with van der Waals surface area (Å²) < 4.78 is 5.17. The Hall–Kier alpha value is -2.67. The lowest BCUT2D eigenvalue weighted by Gasteiger charge is -2.06. The number of aryl methyl sites for hydroxylation is 1. The smallest absolute Gasteiger partial charge is 0.340 e. The second-order valence-corrected chi connectivity index (χ2v) is 4.03. The number of ether oxygens (including phenoxy) is 1. The molecule has 0 amide bonds. The molecule has 2 aromatic rings. The van der Waals surface area contributed by atoms with Gasteiger partial charge in [0.05, 0.1) is 17.2 Å². The van der Waals surface area contributed by atoms with Crippen molar-refractivity contribution in [1.29, 1.82) is 5.26 Å². The minimum atomic E-state index is -0.444. The molecule has 1 aromatic heterocycles. The number of benzene rings is 1. The lowest BCUT2D eigenvalue weighted by Crippen LogP contribution is -2.06. The van der Waals surface area contributed by atoms with E-state index in [1.807, 2.05) is 6.92 Å². The predicted octanol–water partition coefficient (Wildman–Crippen LogP) is 2.62. The third kappa shape index (κ3) is 3.17. The number of nitriles is 1. The van der Waals surface area contributed by atoms with Crippen LogP contribution in [0.4, 0.5) is 0 Å². The molecule has 1 heterocycles. The molecule has 0 N–H and O–H groups in total. The first-order valence-corrected chi connectivity index (χ1v) is 5.78. The van der Waals surface area contributed by atoms with Crippen molar-refractivity contribution in [3.8, 4) is 6.07 Å². The van der Waals surface area contributed by atoms with E-state index in [1.54, 1.807) is 36.4 Å². The molecule has 0 saturated heterocycles. The number of aromatic nitrogens is 1. The first-order chi connectivity index (χ1) is 9.20. The van der Waals surface area contributed by atoms with Gasteiger partial charge in [-0.2, -0.15) is 5.26 Å². The monoisotopic (exact) mass is 252 g/mol. The van der Waals surface area contributed by atoms with Crippen LogP contribution in [0.25, 0.3) is 0 Å². The Morgan fingerprint density at radius 3 is 2.79 bits per heavy atom. The summed E-state index contributed by atoms with van der Waals surface area (Å²) in [4.78, 5) is 15.8. The maximum absolute atomic E-state index is 11.8. The fraction of sp³-hybridized carbons (Fsp3) is 0.133. The summed E-state index contributed by atoms with van der Waals surface area (Å²) in [5.41, 5.74) is 2.45. The van der Waals surface area contributed by atoms with Crippen LogP contribution in [0.5, 0.6) is 0 Å². The highest BCUT2D eigenvalue weighted by atomic mass is 16.5. The van der Waals surface area contributed by atoms with Crippen molar-refractivity contribution in [2.45, 2.75) is 13.5 Å². The summed E-state index contributed by atoms with van der Waals surface area (Å²) in [5, 5.41) is 8.93. The molecule has 4 nitrogen and oxygen atoms in total. The summed E-state index contributed by atoms with van der Waals surface area (Å²) in [6.45, 7) is 1.93. The van der Waals surface area contributed by atoms with E-state index in [4.69, 9.17) is 10.00 Å². The van der Waals surface area contributed by atoms with Gasteiger partial charge in [-0.05, 0) is 25.1 Å². The van der Waals surface area contributed by atoms with Crippen molar-refractivity contribution in [2.24, 2.45) is 0 Å². The Labute approximate surface area is 111 Å². The van der Waals surface area contributed by atoms with Crippen LogP contribution in [-0.4, -0.2) is 11.0 Å². The summed E-state index contributed by atoms with van der Waals surface area (Å²) >= 11 is 0. The summed E-state index contributed by atoms with van der Waals surface area (Å²) in [6, 6.07) is 12.5. The van der Waals surface area contributed by atoms with E-state index >= 15 is 0 Å². The molecule has 0 aliphatic rings. The van der Waals surface area contributed by atoms with E-state index in [-0.39, 0.29) is 6.61 Å². The highest BCUT2D eigenvalue weighted by Gasteiger charge is 2.09. The molecule has 94 valence electrons. The molecule has 0 fully saturated rings. The van der Waals surface area contributed by atoms with Crippen LogP contribution >= 0.6 is 0 Å². The first-order valence-electron chi connectivity index (χ1n) is 5.78. The van der Waals surface area contributed by atoms with Crippen molar-refractivity contribution in [2.75, 3.05) is 0 Å². The molecular formula is C15H12N2O2. The van der Waals surface area contributed by atoms with Crippen LogP contribution in [0.2, 0.25) is 0 Å². The van der Waals surface area contributed by atoms with Gasteiger partial charge in [-0.1, -0.05) is 18.2 Å². The van der Waals surface area contributed by atoms with Gasteiger partial charge >= 0.3 is 5.97 Å². The van der Waals surface area contributed by atoms with Crippen molar-refractivity contribution in [3.05, 3.63) is 65.0 Å². The maximum Gasteiger partial charge on any atom is 0.340 e. The molecule has 0 radical (unpaired) electrons. The number of esters is 1. The van der Waals surface area contributed by atoms with E-state index in [0.29, 0.717) is 16.7 Å². The van der Waals surface area contributed by atoms with Gasteiger partial charge in [0.15, 0.2) is 0 Å². The highest BCUT2D eigenvalue weighted by molar-refractivity contribution is 5.88. The molecule has 0 aliphatic heterocycles. The van der Waals surface area contributed by atoms with Gasteiger partial charge in [-0.3, -0.25) is 4.98 Å². The van der Waals surface area contributed by atoms with Gasteiger partial charge in [-0.25, -0.2) is 4.79 Å². The average Bonchev–Trinajstić information content (AvgIpc) is 2.45. The molecule has 1 aromatic carbocycles. The Morgan fingerprint density at radius 1 is 1.32 bits per heavy atom. The zero-order chi connectivity index (χ0) is 13.7. The average molecular weight is 252 g/mol. The predicted molar refractivity (Wildman–Crippen MR) is 69.3 cm³/mol. The van der Waals surface area contributed by atoms with Crippen molar-refractivity contribution >= 4 is 5.97 Å². The van der Waals surface area contributed by atoms with Gasteiger partial charge in [0.2, 0.25) is 0 Å². The minimum absolute atomic E-state index is 0.0798. The van der Waals surface area contributed by atoms with Crippen LogP contribution < -0.4 is 0 Å². The largest absolute Gasteiger partial charge is 0.457 e. The first kappa shape index (κ1) is 12.8. The van der Waals surface area contributed by atoms with Crippen LogP contribution in [0.3, 0.4) is 0 Å². The highest BCUT2D eigenvalue weighted by Crippen LogP contribution is 2.10. The zero-order valence-electron chi connectivity index (χ0n) is 10.5. The summed E-state index contributed by atoms with van der Waals surface area (Å²) in [5.74, 6) is -0.444. The number of hydrogen-bond acceptors (Lipinski definition) is 4. The van der Waals surface area contributed by atoms with Gasteiger partial charge < -0.3 is 4.74 Å². The molecular weight excluding hydrogens is 240 g/mol. The van der Waals surface area contributed by atoms with Gasteiger partial charge in [-0.15, -0.1) is 0 Å². The number of pyridine rings is 1. The van der Waals surface area contributed by atoms with Crippen LogP contribution in [-0.2, 0) is 11.3 Å². The molecule has 0 atom stereocenters. The third-order valence-corrected chi connectivity index (χ3v) is 2.64. The number of carbonyl (C=O) groups excluding carboxylic acids is 1. The number of rotatable bonds is 3. The summed E-state index contributed by atoms with van der Waals surface area (Å²) in [7, 11) is 0. The molecule has 0 saturated carbocycles. The molecule has 19 heavy (non-hydrogen) atoms. The van der Waals surface area contributed by atoms with Crippen molar-refractivity contribution < 1.29 is 9.53 Å². The van der Waals surface area contributed by atoms with E-state index in [2.05, 4.69) is 11.1 Å². The van der Waals surface area contributed by atoms with E-state index in [1.165, 1.54) is 6.20 Å². The molecule has 0 bridgehead atoms. The van der Waals surface area contributed by atoms with E-state index < -0.39 is 5.97 Å². The fourth-order valence-corrected chi connectivity index (χ4v) is 1.57. The standard InChI is InChI=1S/C15H12N2O2/c1-11-6-7-13(9-17-11)15(18)19-10-14-5-3-2-4-12(14)8-16/h2-7,9H,10H2,1H3. The number of nitrogens with zero attached hydrogens (tertiary/aromatic N) is 2. The quantitative estimate of drug-likeness (QED) is 0.788. The van der Waals surface area contributed by atoms with E-state index in [9.17, 15) is 4.79 Å². The normalized spacial score (nSPS) is 9.68. The number of hydrogen-bond donors (Lipinski definition) is 0. The maximum atomic E-state index is 11.8. The molecule has 2 rings (SSSR count). The Kier molecular flexibility index (Phi) is 3.89. The lowest BCUT2D eigenvalue weighted by molar-refractivity contribution is 0.0472. The zero-order valence-corrected chi connectivity index (χ0v) is 10.5. The van der Waals surface area contributed by atoms with E-state index in [0.717, 1.165) is 5.69 Å². The van der Waals surface area contributed by atoms with Crippen LogP contribution in [0.1, 0.15) is 27.2 Å². The molecule has 0 spiro atoms. The third-order valence-electron chi connectivity index (χ3n) is 2.64. The second kappa shape index (κ2) is 5.78. The van der Waals surface area contributed by atoms with Gasteiger partial charge in [0.1, 0.15) is 6.61 Å². The minimum Gasteiger partial charge on any atom is -0.457 e. The number of carbonyl (C=O) groups is 1. The molecule has 4 heteroatoms. The second-order valence-electron chi connectivity index (χ2n) is 4.03. The Bertz CT molecular complexity index is 627.